The lowest BCUT2D eigenvalue weighted by Gasteiger charge is -2.39. The van der Waals surface area contributed by atoms with Crippen molar-refractivity contribution in [1.82, 2.24) is 4.90 Å². The van der Waals surface area contributed by atoms with Crippen molar-refractivity contribution in [3.05, 3.63) is 64.2 Å². The lowest BCUT2D eigenvalue weighted by molar-refractivity contribution is -0.137. The fraction of sp³-hybridized carbons (Fsp3) is 0.538. The van der Waals surface area contributed by atoms with Gasteiger partial charge in [-0.25, -0.2) is 14.5 Å². The third-order valence-corrected chi connectivity index (χ3v) is 22.3. The fourth-order valence-electron chi connectivity index (χ4n) is 7.98. The normalized spacial score (nSPS) is 18.6. The first-order valence-corrected chi connectivity index (χ1v) is 27.7. The maximum absolute atomic E-state index is 13.8. The summed E-state index contributed by atoms with van der Waals surface area (Å²) >= 11 is 0. The minimum atomic E-state index is -2.54. The second kappa shape index (κ2) is 16.1. The number of hydrogen-bond donors (Lipinski definition) is 2. The highest BCUT2D eigenvalue weighted by Crippen LogP contribution is 2.39. The van der Waals surface area contributed by atoms with E-state index in [0.29, 0.717) is 30.4 Å². The average molecular weight is 797 g/mol. The minimum absolute atomic E-state index is 0.00968. The van der Waals surface area contributed by atoms with Crippen LogP contribution in [0.3, 0.4) is 0 Å². The van der Waals surface area contributed by atoms with Gasteiger partial charge in [0.2, 0.25) is 23.6 Å². The number of hydrogen-bond acceptors (Lipinski definition) is 8. The summed E-state index contributed by atoms with van der Waals surface area (Å²) in [6, 6.07) is 11.3. The zero-order valence-corrected chi connectivity index (χ0v) is 36.3. The van der Waals surface area contributed by atoms with E-state index in [9.17, 15) is 39.0 Å². The number of aromatic carboxylic acids is 2. The molecule has 15 heteroatoms. The van der Waals surface area contributed by atoms with Gasteiger partial charge in [-0.3, -0.25) is 24.1 Å². The Morgan fingerprint density at radius 3 is 1.67 bits per heavy atom. The molecule has 2 atom stereocenters. The monoisotopic (exact) mass is 796 g/mol. The highest BCUT2D eigenvalue weighted by atomic mass is 28.5. The van der Waals surface area contributed by atoms with Crippen LogP contribution in [0.15, 0.2) is 36.4 Å². The number of likely N-dealkylation sites (tertiary alicyclic amines) is 1. The first kappa shape index (κ1) is 43.0. The quantitative estimate of drug-likeness (QED) is 0.122. The largest absolute Gasteiger partial charge is 0.478 e. The summed E-state index contributed by atoms with van der Waals surface area (Å²) in [7, 11) is -5.39. The minimum Gasteiger partial charge on any atom is -0.478 e. The Kier molecular flexibility index (Phi) is 12.8. The summed E-state index contributed by atoms with van der Waals surface area (Å²) in [5.41, 5.74) is 1.43. The molecule has 0 spiro atoms. The van der Waals surface area contributed by atoms with Crippen LogP contribution < -0.4 is 4.90 Å². The number of carboxylic acid groups (broad SMARTS) is 2. The van der Waals surface area contributed by atoms with E-state index < -0.39 is 60.3 Å². The van der Waals surface area contributed by atoms with E-state index in [0.717, 1.165) is 29.0 Å². The van der Waals surface area contributed by atoms with E-state index in [1.807, 2.05) is 13.8 Å². The van der Waals surface area contributed by atoms with Crippen LogP contribution >= 0.6 is 0 Å². The number of imide groups is 2. The molecular weight excluding hydrogens is 741 g/mol. The molecule has 0 aliphatic carbocycles. The van der Waals surface area contributed by atoms with Crippen molar-refractivity contribution in [1.29, 1.82) is 0 Å². The molecule has 2 unspecified atom stereocenters. The molecule has 2 aromatic carbocycles. The smallest absolute Gasteiger partial charge is 0.337 e. The topological polar surface area (TPSA) is 168 Å². The number of carbonyl (C=O) groups excluding carboxylic acids is 4. The van der Waals surface area contributed by atoms with E-state index in [1.54, 1.807) is 37.3 Å². The van der Waals surface area contributed by atoms with Gasteiger partial charge in [-0.1, -0.05) is 44.9 Å². The van der Waals surface area contributed by atoms with Gasteiger partial charge < -0.3 is 18.4 Å². The standard InChI is InChI=1S/C39H56N2O10Si3/c1-25-21-28(15-17-30(25)37(46)47)39(2,3)29-16-18-31(38(48)49)32(24-29)41-34(43)23-27(36(41)45)14-12-20-53(7,8)51-54(9,10)50-52(5,6)19-11-13-26-22-33(42)40(4)35(26)44/h15-18,21,24,26-27H,11-14,19-20,22-23H2,1-10H3,(H,46,47)(H,48,49). The molecule has 2 aromatic rings. The van der Waals surface area contributed by atoms with Crippen LogP contribution in [0.4, 0.5) is 5.69 Å². The summed E-state index contributed by atoms with van der Waals surface area (Å²) in [5, 5.41) is 19.5. The molecule has 54 heavy (non-hydrogen) atoms. The number of carboxylic acids is 2. The molecule has 12 nitrogen and oxygen atoms in total. The van der Waals surface area contributed by atoms with Gasteiger partial charge in [-0.05, 0) is 106 Å². The molecule has 294 valence electrons. The summed E-state index contributed by atoms with van der Waals surface area (Å²) in [6.45, 7) is 18.3. The first-order chi connectivity index (χ1) is 24.9. The van der Waals surface area contributed by atoms with E-state index >= 15 is 0 Å². The van der Waals surface area contributed by atoms with Crippen molar-refractivity contribution in [2.45, 2.75) is 116 Å². The third-order valence-electron chi connectivity index (χ3n) is 10.8. The summed E-state index contributed by atoms with van der Waals surface area (Å²) in [5.74, 6) is -4.18. The van der Waals surface area contributed by atoms with E-state index in [-0.39, 0.29) is 47.4 Å². The number of amides is 4. The molecule has 0 aromatic heterocycles. The number of anilines is 1. The van der Waals surface area contributed by atoms with Crippen LogP contribution in [-0.2, 0) is 32.8 Å². The van der Waals surface area contributed by atoms with Crippen LogP contribution in [0.2, 0.25) is 51.4 Å². The average Bonchev–Trinajstić information content (AvgIpc) is 3.46. The van der Waals surface area contributed by atoms with Gasteiger partial charge in [-0.15, -0.1) is 0 Å². The van der Waals surface area contributed by atoms with Gasteiger partial charge in [0, 0.05) is 37.1 Å². The number of benzene rings is 2. The molecule has 2 saturated heterocycles. The van der Waals surface area contributed by atoms with Gasteiger partial charge in [0.15, 0.2) is 16.6 Å². The van der Waals surface area contributed by atoms with E-state index in [4.69, 9.17) is 8.23 Å². The van der Waals surface area contributed by atoms with Gasteiger partial charge in [0.05, 0.1) is 16.8 Å². The molecule has 0 radical (unpaired) electrons. The van der Waals surface area contributed by atoms with Gasteiger partial charge in [-0.2, -0.15) is 0 Å². The van der Waals surface area contributed by atoms with Crippen LogP contribution in [0.1, 0.15) is 89.8 Å². The van der Waals surface area contributed by atoms with Gasteiger partial charge in [0.25, 0.3) is 0 Å². The molecule has 2 N–H and O–H groups in total. The third kappa shape index (κ3) is 9.90. The highest BCUT2D eigenvalue weighted by molar-refractivity contribution is 6.87. The van der Waals surface area contributed by atoms with Gasteiger partial charge in [0.1, 0.15) is 0 Å². The van der Waals surface area contributed by atoms with Crippen LogP contribution in [0.25, 0.3) is 0 Å². The first-order valence-electron chi connectivity index (χ1n) is 18.7. The van der Waals surface area contributed by atoms with Crippen molar-refractivity contribution in [3.8, 4) is 0 Å². The lowest BCUT2D eigenvalue weighted by atomic mass is 9.77. The Balaban J connectivity index is 1.38. The maximum Gasteiger partial charge on any atom is 0.337 e. The second-order valence-electron chi connectivity index (χ2n) is 17.1. The highest BCUT2D eigenvalue weighted by Gasteiger charge is 2.43. The van der Waals surface area contributed by atoms with E-state index in [2.05, 4.69) is 39.3 Å². The maximum atomic E-state index is 13.8. The molecule has 0 saturated carbocycles. The molecule has 4 rings (SSSR count). The Hall–Kier alpha value is -3.77. The molecule has 2 heterocycles. The zero-order chi connectivity index (χ0) is 40.6. The Bertz CT molecular complexity index is 1840. The number of nitrogens with zero attached hydrogens (tertiary/aromatic N) is 2. The Morgan fingerprint density at radius 1 is 0.741 bits per heavy atom. The van der Waals surface area contributed by atoms with Crippen molar-refractivity contribution in [2.24, 2.45) is 11.8 Å². The number of carbonyl (C=O) groups is 6. The molecule has 0 bridgehead atoms. The Morgan fingerprint density at radius 2 is 1.20 bits per heavy atom. The van der Waals surface area contributed by atoms with Crippen molar-refractivity contribution in [3.63, 3.8) is 0 Å². The van der Waals surface area contributed by atoms with Crippen molar-refractivity contribution < 1.29 is 47.2 Å². The number of rotatable bonds is 17. The molecule has 2 fully saturated rings. The summed E-state index contributed by atoms with van der Waals surface area (Å²) in [4.78, 5) is 77.6. The molecule has 4 amide bonds. The molecule has 2 aliphatic heterocycles. The predicted molar refractivity (Wildman–Crippen MR) is 213 cm³/mol. The Labute approximate surface area is 321 Å². The van der Waals surface area contributed by atoms with Crippen LogP contribution in [0.5, 0.6) is 0 Å². The van der Waals surface area contributed by atoms with Crippen LogP contribution in [-0.4, -0.2) is 82.9 Å². The number of aryl methyl sites for hydroxylation is 1. The lowest BCUT2D eigenvalue weighted by Crippen LogP contribution is -2.52. The fourth-order valence-corrected chi connectivity index (χ4v) is 22.1. The second-order valence-corrected chi connectivity index (χ2v) is 29.5. The SMILES string of the molecule is Cc1cc(C(C)(C)c2ccc(C(=O)O)c(N3C(=O)CC(CCC[Si](C)(C)O[Si](C)(C)O[Si](C)(C)CCCC4CC(=O)N(C)C4=O)C3=O)c2)ccc1C(=O)O. The van der Waals surface area contributed by atoms with E-state index in [1.165, 1.54) is 18.0 Å². The zero-order valence-electron chi connectivity index (χ0n) is 33.3. The summed E-state index contributed by atoms with van der Waals surface area (Å²) < 4.78 is 13.5. The summed E-state index contributed by atoms with van der Waals surface area (Å²) in [6.07, 6.45) is 2.88. The van der Waals surface area contributed by atoms with Crippen molar-refractivity contribution >= 4 is 66.5 Å². The van der Waals surface area contributed by atoms with Gasteiger partial charge >= 0.3 is 20.5 Å². The van der Waals surface area contributed by atoms with Crippen LogP contribution in [0, 0.1) is 18.8 Å². The predicted octanol–water partition coefficient (Wildman–Crippen LogP) is 7.31. The molecule has 2 aliphatic rings. The molecular formula is C39H56N2O10Si3. The van der Waals surface area contributed by atoms with Crippen molar-refractivity contribution in [2.75, 3.05) is 11.9 Å².